The van der Waals surface area contributed by atoms with E-state index in [1.807, 2.05) is 43.3 Å². The standard InChI is InChI=1S/C18H17N5O/c1-13-4-2-6-15(10-13)21-17-8-7-16(22-23-17)18(24)20-12-14-5-3-9-19-11-14/h2-11H,12H2,1H3,(H,20,24)(H,21,23). The summed E-state index contributed by atoms with van der Waals surface area (Å²) in [5.41, 5.74) is 3.28. The summed E-state index contributed by atoms with van der Waals surface area (Å²) in [5.74, 6) is 0.317. The van der Waals surface area contributed by atoms with Crippen molar-refractivity contribution in [2.75, 3.05) is 5.32 Å². The highest BCUT2D eigenvalue weighted by Gasteiger charge is 2.08. The molecule has 1 aromatic carbocycles. The Morgan fingerprint density at radius 3 is 2.71 bits per heavy atom. The molecule has 120 valence electrons. The Morgan fingerprint density at radius 2 is 2.00 bits per heavy atom. The zero-order valence-corrected chi connectivity index (χ0v) is 13.2. The van der Waals surface area contributed by atoms with Gasteiger partial charge in [0.25, 0.3) is 5.91 Å². The van der Waals surface area contributed by atoms with Crippen molar-refractivity contribution >= 4 is 17.4 Å². The van der Waals surface area contributed by atoms with Gasteiger partial charge >= 0.3 is 0 Å². The molecule has 0 aliphatic carbocycles. The van der Waals surface area contributed by atoms with Crippen LogP contribution in [-0.4, -0.2) is 21.1 Å². The molecule has 24 heavy (non-hydrogen) atoms. The van der Waals surface area contributed by atoms with Gasteiger partial charge in [0, 0.05) is 24.6 Å². The van der Waals surface area contributed by atoms with E-state index in [1.54, 1.807) is 24.5 Å². The van der Waals surface area contributed by atoms with Gasteiger partial charge in [0.1, 0.15) is 0 Å². The predicted molar refractivity (Wildman–Crippen MR) is 91.9 cm³/mol. The number of anilines is 2. The maximum atomic E-state index is 12.1. The van der Waals surface area contributed by atoms with Crippen molar-refractivity contribution in [3.05, 3.63) is 77.7 Å². The smallest absolute Gasteiger partial charge is 0.272 e. The molecule has 0 spiro atoms. The number of nitrogens with one attached hydrogen (secondary N) is 2. The van der Waals surface area contributed by atoms with E-state index >= 15 is 0 Å². The summed E-state index contributed by atoms with van der Waals surface area (Å²) in [4.78, 5) is 16.1. The summed E-state index contributed by atoms with van der Waals surface area (Å²) in [6, 6.07) is 15.0. The molecule has 2 N–H and O–H groups in total. The molecule has 2 heterocycles. The molecule has 6 nitrogen and oxygen atoms in total. The van der Waals surface area contributed by atoms with Crippen LogP contribution < -0.4 is 10.6 Å². The van der Waals surface area contributed by atoms with Crippen molar-refractivity contribution in [3.63, 3.8) is 0 Å². The normalized spacial score (nSPS) is 10.2. The fraction of sp³-hybridized carbons (Fsp3) is 0.111. The fourth-order valence-corrected chi connectivity index (χ4v) is 2.17. The molecule has 0 bridgehead atoms. The molecule has 3 rings (SSSR count). The molecule has 2 aromatic heterocycles. The lowest BCUT2D eigenvalue weighted by molar-refractivity contribution is 0.0945. The van der Waals surface area contributed by atoms with E-state index in [0.29, 0.717) is 12.4 Å². The van der Waals surface area contributed by atoms with Crippen LogP contribution in [0.4, 0.5) is 11.5 Å². The van der Waals surface area contributed by atoms with Crippen LogP contribution in [0, 0.1) is 6.92 Å². The van der Waals surface area contributed by atoms with Crippen LogP contribution in [0.25, 0.3) is 0 Å². The summed E-state index contributed by atoms with van der Waals surface area (Å²) in [6.45, 7) is 2.42. The number of amides is 1. The Labute approximate surface area is 140 Å². The molecule has 1 amide bonds. The van der Waals surface area contributed by atoms with E-state index in [1.165, 1.54) is 0 Å². The van der Waals surface area contributed by atoms with E-state index in [2.05, 4.69) is 25.8 Å². The number of nitrogens with zero attached hydrogens (tertiary/aromatic N) is 3. The van der Waals surface area contributed by atoms with E-state index in [-0.39, 0.29) is 11.6 Å². The average Bonchev–Trinajstić information content (AvgIpc) is 2.61. The molecule has 0 fully saturated rings. The second kappa shape index (κ2) is 7.32. The first-order valence-electron chi connectivity index (χ1n) is 7.55. The maximum Gasteiger partial charge on any atom is 0.272 e. The van der Waals surface area contributed by atoms with Crippen molar-refractivity contribution in [2.24, 2.45) is 0 Å². The van der Waals surface area contributed by atoms with Crippen molar-refractivity contribution < 1.29 is 4.79 Å². The van der Waals surface area contributed by atoms with E-state index in [4.69, 9.17) is 0 Å². The van der Waals surface area contributed by atoms with Crippen LogP contribution in [0.3, 0.4) is 0 Å². The molecule has 0 saturated heterocycles. The molecule has 0 radical (unpaired) electrons. The zero-order chi connectivity index (χ0) is 16.8. The third kappa shape index (κ3) is 4.13. The number of pyridine rings is 1. The summed E-state index contributed by atoms with van der Waals surface area (Å²) >= 11 is 0. The first kappa shape index (κ1) is 15.6. The number of hydrogen-bond acceptors (Lipinski definition) is 5. The quantitative estimate of drug-likeness (QED) is 0.756. The topological polar surface area (TPSA) is 79.8 Å². The van der Waals surface area contributed by atoms with Crippen molar-refractivity contribution in [3.8, 4) is 0 Å². The zero-order valence-electron chi connectivity index (χ0n) is 13.2. The number of aromatic nitrogens is 3. The lowest BCUT2D eigenvalue weighted by Gasteiger charge is -2.07. The van der Waals surface area contributed by atoms with Crippen molar-refractivity contribution in [1.82, 2.24) is 20.5 Å². The molecular formula is C18H17N5O. The van der Waals surface area contributed by atoms with Gasteiger partial charge in [-0.15, -0.1) is 10.2 Å². The largest absolute Gasteiger partial charge is 0.347 e. The minimum atomic E-state index is -0.270. The Balaban J connectivity index is 1.60. The molecule has 6 heteroatoms. The second-order valence-corrected chi connectivity index (χ2v) is 5.34. The number of aryl methyl sites for hydroxylation is 1. The summed E-state index contributed by atoms with van der Waals surface area (Å²) in [6.07, 6.45) is 3.40. The monoisotopic (exact) mass is 319 g/mol. The van der Waals surface area contributed by atoms with E-state index < -0.39 is 0 Å². The lowest BCUT2D eigenvalue weighted by atomic mass is 10.2. The minimum absolute atomic E-state index is 0.270. The van der Waals surface area contributed by atoms with Gasteiger partial charge in [-0.1, -0.05) is 18.2 Å². The van der Waals surface area contributed by atoms with Crippen LogP contribution >= 0.6 is 0 Å². The Bertz CT molecular complexity index is 818. The first-order valence-corrected chi connectivity index (χ1v) is 7.55. The van der Waals surface area contributed by atoms with Crippen molar-refractivity contribution in [2.45, 2.75) is 13.5 Å². The number of hydrogen-bond donors (Lipinski definition) is 2. The van der Waals surface area contributed by atoms with Gasteiger partial charge in [-0.3, -0.25) is 9.78 Å². The molecule has 3 aromatic rings. The average molecular weight is 319 g/mol. The van der Waals surface area contributed by atoms with Crippen LogP contribution in [-0.2, 0) is 6.54 Å². The Hall–Kier alpha value is -3.28. The molecular weight excluding hydrogens is 302 g/mol. The predicted octanol–water partition coefficient (Wildman–Crippen LogP) is 2.85. The van der Waals surface area contributed by atoms with Crippen LogP contribution in [0.2, 0.25) is 0 Å². The van der Waals surface area contributed by atoms with E-state index in [9.17, 15) is 4.79 Å². The molecule has 0 aliphatic heterocycles. The number of carbonyl (C=O) groups excluding carboxylic acids is 1. The summed E-state index contributed by atoms with van der Waals surface area (Å²) < 4.78 is 0. The van der Waals surface area contributed by atoms with E-state index in [0.717, 1.165) is 16.8 Å². The van der Waals surface area contributed by atoms with Gasteiger partial charge in [-0.25, -0.2) is 0 Å². The van der Waals surface area contributed by atoms with Gasteiger partial charge < -0.3 is 10.6 Å². The van der Waals surface area contributed by atoms with Crippen LogP contribution in [0.5, 0.6) is 0 Å². The minimum Gasteiger partial charge on any atom is -0.347 e. The van der Waals surface area contributed by atoms with Gasteiger partial charge in [0.15, 0.2) is 11.5 Å². The van der Waals surface area contributed by atoms with Gasteiger partial charge in [0.05, 0.1) is 0 Å². The lowest BCUT2D eigenvalue weighted by Crippen LogP contribution is -2.24. The first-order chi connectivity index (χ1) is 11.7. The molecule has 0 aliphatic rings. The third-order valence-electron chi connectivity index (χ3n) is 3.36. The number of rotatable bonds is 5. The highest BCUT2D eigenvalue weighted by atomic mass is 16.1. The van der Waals surface area contributed by atoms with Crippen LogP contribution in [0.1, 0.15) is 21.6 Å². The molecule has 0 atom stereocenters. The van der Waals surface area contributed by atoms with Crippen molar-refractivity contribution in [1.29, 1.82) is 0 Å². The maximum absolute atomic E-state index is 12.1. The van der Waals surface area contributed by atoms with Crippen LogP contribution in [0.15, 0.2) is 60.9 Å². The van der Waals surface area contributed by atoms with Gasteiger partial charge in [-0.05, 0) is 48.4 Å². The summed E-state index contributed by atoms with van der Waals surface area (Å²) in [7, 11) is 0. The Morgan fingerprint density at radius 1 is 1.08 bits per heavy atom. The molecule has 0 unspecified atom stereocenters. The summed E-state index contributed by atoms with van der Waals surface area (Å²) in [5, 5.41) is 14.0. The second-order valence-electron chi connectivity index (χ2n) is 5.34. The van der Waals surface area contributed by atoms with Gasteiger partial charge in [0.2, 0.25) is 0 Å². The SMILES string of the molecule is Cc1cccc(Nc2ccc(C(=O)NCc3cccnc3)nn2)c1. The molecule has 0 saturated carbocycles. The fourth-order valence-electron chi connectivity index (χ4n) is 2.17. The highest BCUT2D eigenvalue weighted by Crippen LogP contribution is 2.15. The van der Waals surface area contributed by atoms with Gasteiger partial charge in [-0.2, -0.15) is 0 Å². The highest BCUT2D eigenvalue weighted by molar-refractivity contribution is 5.92. The Kier molecular flexibility index (Phi) is 4.76. The number of carbonyl (C=O) groups is 1. The number of benzene rings is 1. The third-order valence-corrected chi connectivity index (χ3v) is 3.36.